The largest absolute Gasteiger partial charge is 0.480 e. The van der Waals surface area contributed by atoms with Gasteiger partial charge >= 0.3 is 5.97 Å². The molecule has 1 unspecified atom stereocenters. The number of carbonyl (C=O) groups excluding carboxylic acids is 1. The lowest BCUT2D eigenvalue weighted by atomic mass is 10.0. The Morgan fingerprint density at radius 1 is 0.862 bits per heavy atom. The third-order valence-corrected chi connectivity index (χ3v) is 5.20. The molecule has 5 heteroatoms. The van der Waals surface area contributed by atoms with Crippen molar-refractivity contribution in [2.24, 2.45) is 0 Å². The van der Waals surface area contributed by atoms with Crippen molar-refractivity contribution in [1.29, 1.82) is 0 Å². The van der Waals surface area contributed by atoms with Crippen LogP contribution in [-0.4, -0.2) is 28.3 Å². The average molecular weight is 406 g/mol. The Balaban J connectivity index is 1.87. The monoisotopic (exact) mass is 405 g/mol. The van der Waals surface area contributed by atoms with Gasteiger partial charge in [0.1, 0.15) is 6.04 Å². The normalized spacial score (nSPS) is 12.8. The molecule has 0 bridgehead atoms. The number of carboxylic acid groups (broad SMARTS) is 1. The predicted octanol–water partition coefficient (Wildman–Crippen LogP) is 4.70. The summed E-state index contributed by atoms with van der Waals surface area (Å²) in [5.74, 6) is -1.40. The van der Waals surface area contributed by atoms with Crippen LogP contribution in [0.2, 0.25) is 0 Å². The number of benzene rings is 3. The number of nitrogens with zero attached hydrogens (tertiary/aromatic N) is 1. The van der Waals surface area contributed by atoms with Crippen molar-refractivity contribution in [2.75, 3.05) is 4.90 Å². The second kappa shape index (κ2) is 9.43. The van der Waals surface area contributed by atoms with E-state index in [1.165, 1.54) is 11.8 Å². The van der Waals surface area contributed by atoms with Crippen molar-refractivity contribution < 1.29 is 14.7 Å². The van der Waals surface area contributed by atoms with Crippen LogP contribution in [0.25, 0.3) is 11.1 Å². The van der Waals surface area contributed by atoms with Crippen molar-refractivity contribution in [3.63, 3.8) is 0 Å². The standard InChI is InChI=1S/C24H23NO3S/c1-17(24(27)28)25(23(26)22(29)16-18-8-4-2-5-9-18)21-14-12-20(13-15-21)19-10-6-3-7-11-19/h2-15,17,22,29H,16H2,1H3,(H,27,28)/t17-,22?/m0/s1. The summed E-state index contributed by atoms with van der Waals surface area (Å²) in [4.78, 5) is 26.1. The molecular formula is C24H23NO3S. The Hall–Kier alpha value is -3.05. The first kappa shape index (κ1) is 20.7. The number of aliphatic carboxylic acids is 1. The molecule has 0 saturated carbocycles. The quantitative estimate of drug-likeness (QED) is 0.560. The van der Waals surface area contributed by atoms with E-state index in [0.29, 0.717) is 12.1 Å². The highest BCUT2D eigenvalue weighted by Gasteiger charge is 2.30. The van der Waals surface area contributed by atoms with Gasteiger partial charge in [-0.15, -0.1) is 0 Å². The molecule has 0 aromatic heterocycles. The molecule has 0 radical (unpaired) electrons. The highest BCUT2D eigenvalue weighted by atomic mass is 32.1. The zero-order chi connectivity index (χ0) is 20.8. The van der Waals surface area contributed by atoms with Crippen LogP contribution in [0.4, 0.5) is 5.69 Å². The van der Waals surface area contributed by atoms with Crippen molar-refractivity contribution in [1.82, 2.24) is 0 Å². The highest BCUT2D eigenvalue weighted by Crippen LogP contribution is 2.26. The third-order valence-electron chi connectivity index (χ3n) is 4.79. The number of hydrogen-bond donors (Lipinski definition) is 2. The molecule has 1 amide bonds. The summed E-state index contributed by atoms with van der Waals surface area (Å²) in [6, 6.07) is 25.8. The number of hydrogen-bond acceptors (Lipinski definition) is 3. The molecule has 1 N–H and O–H groups in total. The average Bonchev–Trinajstić information content (AvgIpc) is 2.75. The first-order chi connectivity index (χ1) is 14.0. The van der Waals surface area contributed by atoms with Gasteiger partial charge in [-0.1, -0.05) is 72.8 Å². The molecule has 0 aliphatic heterocycles. The van der Waals surface area contributed by atoms with Crippen LogP contribution >= 0.6 is 12.6 Å². The lowest BCUT2D eigenvalue weighted by Gasteiger charge is -2.29. The van der Waals surface area contributed by atoms with Crippen LogP contribution in [0.3, 0.4) is 0 Å². The fraction of sp³-hybridized carbons (Fsp3) is 0.167. The van der Waals surface area contributed by atoms with Crippen LogP contribution in [0.15, 0.2) is 84.9 Å². The number of carbonyl (C=O) groups is 2. The maximum Gasteiger partial charge on any atom is 0.326 e. The summed E-state index contributed by atoms with van der Waals surface area (Å²) >= 11 is 4.48. The second-order valence-corrected chi connectivity index (χ2v) is 7.46. The minimum absolute atomic E-state index is 0.334. The van der Waals surface area contributed by atoms with Crippen LogP contribution in [0.5, 0.6) is 0 Å². The number of amides is 1. The van der Waals surface area contributed by atoms with E-state index in [1.807, 2.05) is 72.8 Å². The van der Waals surface area contributed by atoms with Gasteiger partial charge in [-0.3, -0.25) is 9.69 Å². The molecule has 4 nitrogen and oxygen atoms in total. The van der Waals surface area contributed by atoms with Crippen molar-refractivity contribution in [3.05, 3.63) is 90.5 Å². The molecule has 3 aromatic carbocycles. The van der Waals surface area contributed by atoms with Crippen LogP contribution in [0.1, 0.15) is 12.5 Å². The molecule has 0 heterocycles. The van der Waals surface area contributed by atoms with Gasteiger partial charge in [0.15, 0.2) is 0 Å². The molecule has 29 heavy (non-hydrogen) atoms. The summed E-state index contributed by atoms with van der Waals surface area (Å²) in [6.45, 7) is 1.51. The van der Waals surface area contributed by atoms with E-state index in [-0.39, 0.29) is 5.91 Å². The lowest BCUT2D eigenvalue weighted by Crippen LogP contribution is -2.47. The molecule has 148 valence electrons. The number of anilines is 1. The third kappa shape index (κ3) is 5.06. The van der Waals surface area contributed by atoms with E-state index < -0.39 is 17.3 Å². The molecule has 0 saturated heterocycles. The van der Waals surface area contributed by atoms with Crippen molar-refractivity contribution >= 4 is 30.2 Å². The van der Waals surface area contributed by atoms with Crippen molar-refractivity contribution in [3.8, 4) is 11.1 Å². The van der Waals surface area contributed by atoms with E-state index in [9.17, 15) is 14.7 Å². The minimum Gasteiger partial charge on any atom is -0.480 e. The van der Waals surface area contributed by atoms with Gasteiger partial charge in [0.05, 0.1) is 5.25 Å². The van der Waals surface area contributed by atoms with Gasteiger partial charge in [-0.25, -0.2) is 4.79 Å². The predicted molar refractivity (Wildman–Crippen MR) is 119 cm³/mol. The second-order valence-electron chi connectivity index (χ2n) is 6.84. The smallest absolute Gasteiger partial charge is 0.326 e. The lowest BCUT2D eigenvalue weighted by molar-refractivity contribution is -0.139. The molecule has 0 fully saturated rings. The number of thiol groups is 1. The topological polar surface area (TPSA) is 57.6 Å². The summed E-state index contributed by atoms with van der Waals surface area (Å²) < 4.78 is 0. The van der Waals surface area contributed by atoms with E-state index in [0.717, 1.165) is 16.7 Å². The maximum absolute atomic E-state index is 13.1. The fourth-order valence-electron chi connectivity index (χ4n) is 3.18. The Labute approximate surface area is 176 Å². The van der Waals surface area contributed by atoms with Gasteiger partial charge in [0.2, 0.25) is 5.91 Å². The van der Waals surface area contributed by atoms with Gasteiger partial charge in [-0.2, -0.15) is 12.6 Å². The van der Waals surface area contributed by atoms with E-state index in [2.05, 4.69) is 12.6 Å². The zero-order valence-electron chi connectivity index (χ0n) is 16.1. The summed E-state index contributed by atoms with van der Waals surface area (Å²) in [5, 5.41) is 8.90. The fourth-order valence-corrected chi connectivity index (χ4v) is 3.52. The first-order valence-electron chi connectivity index (χ1n) is 9.40. The Morgan fingerprint density at radius 3 is 1.93 bits per heavy atom. The van der Waals surface area contributed by atoms with Crippen LogP contribution < -0.4 is 4.90 Å². The number of carboxylic acids is 1. The Morgan fingerprint density at radius 2 is 1.38 bits per heavy atom. The van der Waals surface area contributed by atoms with Crippen LogP contribution in [-0.2, 0) is 16.0 Å². The SMILES string of the molecule is C[C@@H](C(=O)O)N(C(=O)C(S)Cc1ccccc1)c1ccc(-c2ccccc2)cc1. The number of rotatable bonds is 7. The molecule has 3 rings (SSSR count). The summed E-state index contributed by atoms with van der Waals surface area (Å²) in [5.41, 5.74) is 3.57. The first-order valence-corrected chi connectivity index (χ1v) is 9.92. The highest BCUT2D eigenvalue weighted by molar-refractivity contribution is 7.81. The van der Waals surface area contributed by atoms with E-state index in [1.54, 1.807) is 12.1 Å². The molecule has 0 aliphatic rings. The zero-order valence-corrected chi connectivity index (χ0v) is 17.0. The van der Waals surface area contributed by atoms with Crippen LogP contribution in [0, 0.1) is 0 Å². The van der Waals surface area contributed by atoms with E-state index in [4.69, 9.17) is 0 Å². The van der Waals surface area contributed by atoms with E-state index >= 15 is 0 Å². The molecule has 2 atom stereocenters. The maximum atomic E-state index is 13.1. The molecule has 0 aliphatic carbocycles. The van der Waals surface area contributed by atoms with Crippen molar-refractivity contribution in [2.45, 2.75) is 24.6 Å². The van der Waals surface area contributed by atoms with Gasteiger partial charge in [-0.05, 0) is 42.2 Å². The Bertz CT molecular complexity index is 958. The Kier molecular flexibility index (Phi) is 6.73. The summed E-state index contributed by atoms with van der Waals surface area (Å²) in [6.07, 6.45) is 0.424. The van der Waals surface area contributed by atoms with Gasteiger partial charge < -0.3 is 5.11 Å². The van der Waals surface area contributed by atoms with Gasteiger partial charge in [0, 0.05) is 5.69 Å². The molecular weight excluding hydrogens is 382 g/mol. The minimum atomic E-state index is -1.06. The molecule has 3 aromatic rings. The molecule has 0 spiro atoms. The van der Waals surface area contributed by atoms with Gasteiger partial charge in [0.25, 0.3) is 0 Å². The summed E-state index contributed by atoms with van der Waals surface area (Å²) in [7, 11) is 0.